The maximum atomic E-state index is 14.0. The van der Waals surface area contributed by atoms with Crippen LogP contribution in [0.15, 0.2) is 48.5 Å². The molecule has 0 unspecified atom stereocenters. The quantitative estimate of drug-likeness (QED) is 0.0894. The Balaban J connectivity index is 1.79. The summed E-state index contributed by atoms with van der Waals surface area (Å²) in [4.78, 5) is 80.9. The van der Waals surface area contributed by atoms with Crippen LogP contribution >= 0.6 is 12.6 Å². The van der Waals surface area contributed by atoms with Gasteiger partial charge in [-0.3, -0.25) is 24.0 Å². The molecule has 0 aromatic heterocycles. The summed E-state index contributed by atoms with van der Waals surface area (Å²) in [5, 5.41) is 39.5. The molecule has 1 aliphatic heterocycles. The summed E-state index contributed by atoms with van der Waals surface area (Å²) in [7, 11) is 0. The van der Waals surface area contributed by atoms with Crippen molar-refractivity contribution in [2.45, 2.75) is 102 Å². The maximum Gasteiger partial charge on any atom is 0.326 e. The van der Waals surface area contributed by atoms with Gasteiger partial charge in [0.1, 0.15) is 36.0 Å². The predicted molar refractivity (Wildman–Crippen MR) is 200 cm³/mol. The van der Waals surface area contributed by atoms with E-state index in [0.717, 1.165) is 11.1 Å². The van der Waals surface area contributed by atoms with E-state index in [0.29, 0.717) is 24.8 Å². The van der Waals surface area contributed by atoms with Gasteiger partial charge >= 0.3 is 5.97 Å². The van der Waals surface area contributed by atoms with E-state index in [9.17, 15) is 44.1 Å². The van der Waals surface area contributed by atoms with Gasteiger partial charge in [0.25, 0.3) is 0 Å². The van der Waals surface area contributed by atoms with E-state index < -0.39 is 78.4 Å². The van der Waals surface area contributed by atoms with Crippen LogP contribution in [0.2, 0.25) is 0 Å². The molecule has 0 radical (unpaired) electrons. The van der Waals surface area contributed by atoms with Crippen molar-refractivity contribution in [3.63, 3.8) is 0 Å². The molecular formula is C37H52N6O9S. The molecule has 9 N–H and O–H groups in total. The van der Waals surface area contributed by atoms with Crippen LogP contribution in [0.4, 0.5) is 0 Å². The Kier molecular flexibility index (Phi) is 16.6. The number of rotatable bonds is 19. The lowest BCUT2D eigenvalue weighted by Crippen LogP contribution is -2.62. The molecule has 1 heterocycles. The number of carboxylic acids is 1. The van der Waals surface area contributed by atoms with E-state index in [1.165, 1.54) is 29.2 Å². The number of carboxylic acid groups (broad SMARTS) is 1. The van der Waals surface area contributed by atoms with Gasteiger partial charge in [-0.1, -0.05) is 70.0 Å². The van der Waals surface area contributed by atoms with Crippen molar-refractivity contribution in [2.75, 3.05) is 12.4 Å². The second-order valence-electron chi connectivity index (χ2n) is 13.7. The zero-order valence-electron chi connectivity index (χ0n) is 30.3. The van der Waals surface area contributed by atoms with Crippen LogP contribution in [0.3, 0.4) is 0 Å². The molecule has 0 spiro atoms. The Morgan fingerprint density at radius 1 is 0.868 bits per heavy atom. The number of thiol groups is 1. The molecule has 15 nitrogen and oxygen atoms in total. The van der Waals surface area contributed by atoms with Crippen molar-refractivity contribution in [2.24, 2.45) is 11.7 Å². The first-order valence-corrected chi connectivity index (χ1v) is 18.4. The molecule has 5 amide bonds. The molecule has 0 saturated heterocycles. The molecule has 290 valence electrons. The molecule has 16 heteroatoms. The Hall–Kier alpha value is -4.67. The van der Waals surface area contributed by atoms with Crippen LogP contribution in [0, 0.1) is 5.92 Å². The molecular weight excluding hydrogens is 705 g/mol. The largest absolute Gasteiger partial charge is 0.508 e. The van der Waals surface area contributed by atoms with E-state index in [4.69, 9.17) is 5.73 Å². The molecule has 1 aliphatic rings. The Morgan fingerprint density at radius 3 is 2.06 bits per heavy atom. The average molecular weight is 757 g/mol. The third kappa shape index (κ3) is 12.5. The number of aliphatic carboxylic acids is 1. The molecule has 6 atom stereocenters. The highest BCUT2D eigenvalue weighted by Gasteiger charge is 2.39. The van der Waals surface area contributed by atoms with Crippen LogP contribution in [-0.2, 0) is 48.2 Å². The van der Waals surface area contributed by atoms with Crippen LogP contribution in [-0.4, -0.2) is 104 Å². The molecule has 0 aliphatic carbocycles. The summed E-state index contributed by atoms with van der Waals surface area (Å²) in [6.07, 6.45) is 1.71. The summed E-state index contributed by atoms with van der Waals surface area (Å²) in [6, 6.07) is 5.92. The summed E-state index contributed by atoms with van der Waals surface area (Å²) in [5.41, 5.74) is 8.21. The number of aliphatic hydroxyl groups is 1. The standard InChI is InChI=1S/C37H52N6O9S/c1-4-5-10-27(33(47)41-29(19-44)34(48)40-28(37(51)52)16-22-11-13-25(45)14-12-22)39-35(49)31-17-23-8-6-7-9-24(23)18-43(31)36(50)30(20-53)42-32(46)26(38)15-21(2)3/h6-9,11-14,21,26-31,44-45,53H,4-5,10,15-20,38H2,1-3H3,(H,39,49)(H,40,48)(H,41,47)(H,42,46)(H,51,52)/t26-,27-,28-,29-,30-,31-/m0/s1. The minimum absolute atomic E-state index is 0.0156. The second-order valence-corrected chi connectivity index (χ2v) is 14.0. The Labute approximate surface area is 314 Å². The van der Waals surface area contributed by atoms with Crippen molar-refractivity contribution in [3.8, 4) is 5.75 Å². The van der Waals surface area contributed by atoms with Gasteiger partial charge in [-0.05, 0) is 47.6 Å². The molecule has 0 saturated carbocycles. The fourth-order valence-electron chi connectivity index (χ4n) is 6.02. The number of carbonyl (C=O) groups excluding carboxylic acids is 5. The number of fused-ring (bicyclic) bond motifs is 1. The van der Waals surface area contributed by atoms with Gasteiger partial charge in [0.15, 0.2) is 0 Å². The second kappa shape index (κ2) is 20.5. The van der Waals surface area contributed by atoms with Crippen LogP contribution in [0.5, 0.6) is 5.75 Å². The lowest BCUT2D eigenvalue weighted by atomic mass is 9.92. The number of phenolic OH excluding ortho intramolecular Hbond substituents is 1. The average Bonchev–Trinajstić information content (AvgIpc) is 3.13. The lowest BCUT2D eigenvalue weighted by Gasteiger charge is -2.38. The van der Waals surface area contributed by atoms with Crippen LogP contribution in [0.25, 0.3) is 0 Å². The zero-order chi connectivity index (χ0) is 39.2. The number of unbranched alkanes of at least 4 members (excludes halogenated alkanes) is 1. The van der Waals surface area contributed by atoms with Gasteiger partial charge in [0.05, 0.1) is 12.6 Å². The molecule has 0 bridgehead atoms. The number of benzene rings is 2. The highest BCUT2D eigenvalue weighted by molar-refractivity contribution is 7.80. The van der Waals surface area contributed by atoms with Gasteiger partial charge in [-0.15, -0.1) is 0 Å². The molecule has 53 heavy (non-hydrogen) atoms. The van der Waals surface area contributed by atoms with E-state index >= 15 is 0 Å². The number of nitrogens with zero attached hydrogens (tertiary/aromatic N) is 1. The van der Waals surface area contributed by atoms with E-state index in [2.05, 4.69) is 33.9 Å². The third-order valence-corrected chi connectivity index (χ3v) is 9.34. The van der Waals surface area contributed by atoms with Crippen molar-refractivity contribution in [1.82, 2.24) is 26.2 Å². The van der Waals surface area contributed by atoms with E-state index in [-0.39, 0.29) is 43.2 Å². The Bertz CT molecular complexity index is 1590. The van der Waals surface area contributed by atoms with Gasteiger partial charge in [-0.25, -0.2) is 4.79 Å². The lowest BCUT2D eigenvalue weighted by molar-refractivity contribution is -0.145. The number of aliphatic hydroxyl groups excluding tert-OH is 1. The Morgan fingerprint density at radius 2 is 1.47 bits per heavy atom. The SMILES string of the molecule is CCCC[C@H](NC(=O)[C@@H]1Cc2ccccc2CN1C(=O)[C@H](CS)NC(=O)[C@@H](N)CC(C)C)C(=O)N[C@@H](CO)C(=O)N[C@@H](Cc1ccc(O)cc1)C(=O)O. The minimum atomic E-state index is -1.55. The van der Waals surface area contributed by atoms with Gasteiger partial charge in [0.2, 0.25) is 29.5 Å². The van der Waals surface area contributed by atoms with Crippen molar-refractivity contribution < 1.29 is 44.1 Å². The normalized spacial score (nSPS) is 16.7. The summed E-state index contributed by atoms with van der Waals surface area (Å²) >= 11 is 4.31. The first kappa shape index (κ1) is 42.7. The number of nitrogens with two attached hydrogens (primary N) is 1. The highest BCUT2D eigenvalue weighted by atomic mass is 32.1. The van der Waals surface area contributed by atoms with E-state index in [1.807, 2.05) is 45.0 Å². The number of carbonyl (C=O) groups is 6. The van der Waals surface area contributed by atoms with Crippen molar-refractivity contribution in [1.29, 1.82) is 0 Å². The highest BCUT2D eigenvalue weighted by Crippen LogP contribution is 2.25. The molecule has 2 aromatic rings. The van der Waals surface area contributed by atoms with Crippen molar-refractivity contribution in [3.05, 3.63) is 65.2 Å². The minimum Gasteiger partial charge on any atom is -0.508 e. The third-order valence-electron chi connectivity index (χ3n) is 8.98. The van der Waals surface area contributed by atoms with Gasteiger partial charge in [-0.2, -0.15) is 12.6 Å². The van der Waals surface area contributed by atoms with Crippen LogP contribution in [0.1, 0.15) is 63.1 Å². The number of nitrogens with one attached hydrogen (secondary N) is 4. The number of aromatic hydroxyl groups is 1. The number of phenols is 1. The zero-order valence-corrected chi connectivity index (χ0v) is 31.2. The smallest absolute Gasteiger partial charge is 0.326 e. The number of hydrogen-bond acceptors (Lipinski definition) is 10. The fraction of sp³-hybridized carbons (Fsp3) is 0.514. The monoisotopic (exact) mass is 756 g/mol. The molecule has 3 rings (SSSR count). The summed E-state index contributed by atoms with van der Waals surface area (Å²) < 4.78 is 0. The molecule has 2 aromatic carbocycles. The van der Waals surface area contributed by atoms with E-state index in [1.54, 1.807) is 0 Å². The van der Waals surface area contributed by atoms with Crippen LogP contribution < -0.4 is 27.0 Å². The summed E-state index contributed by atoms with van der Waals surface area (Å²) in [5.74, 6) is -4.74. The first-order chi connectivity index (χ1) is 25.2. The fourth-order valence-corrected chi connectivity index (χ4v) is 6.27. The van der Waals surface area contributed by atoms with Crippen molar-refractivity contribution >= 4 is 48.1 Å². The predicted octanol–water partition coefficient (Wildman–Crippen LogP) is 0.398. The maximum absolute atomic E-state index is 14.0. The summed E-state index contributed by atoms with van der Waals surface area (Å²) in [6.45, 7) is 4.92. The first-order valence-electron chi connectivity index (χ1n) is 17.8. The van der Waals surface area contributed by atoms with Gasteiger partial charge < -0.3 is 47.2 Å². The number of amides is 5. The number of hydrogen-bond donors (Lipinski definition) is 9. The topological polar surface area (TPSA) is 240 Å². The molecule has 0 fully saturated rings. The van der Waals surface area contributed by atoms with Gasteiger partial charge in [0, 0.05) is 25.1 Å².